The fourth-order valence-corrected chi connectivity index (χ4v) is 1.90. The second kappa shape index (κ2) is 7.62. The van der Waals surface area contributed by atoms with Gasteiger partial charge in [-0.05, 0) is 32.4 Å². The average Bonchev–Trinajstić information content (AvgIpc) is 2.40. The van der Waals surface area contributed by atoms with Crippen LogP contribution in [0.5, 0.6) is 5.75 Å². The minimum absolute atomic E-state index is 0.0124. The monoisotopic (exact) mass is 279 g/mol. The number of ether oxygens (including phenoxy) is 1. The van der Waals surface area contributed by atoms with Gasteiger partial charge in [-0.25, -0.2) is 0 Å². The van der Waals surface area contributed by atoms with Crippen LogP contribution in [0.15, 0.2) is 18.2 Å². The van der Waals surface area contributed by atoms with Gasteiger partial charge in [-0.2, -0.15) is 0 Å². The van der Waals surface area contributed by atoms with E-state index >= 15 is 0 Å². The van der Waals surface area contributed by atoms with Gasteiger partial charge in [-0.3, -0.25) is 4.79 Å². The molecule has 1 rings (SSSR count). The molecule has 0 saturated carbocycles. The number of carbonyl (C=O) groups excluding carboxylic acids is 1. The van der Waals surface area contributed by atoms with E-state index < -0.39 is 0 Å². The molecule has 0 unspecified atom stereocenters. The summed E-state index contributed by atoms with van der Waals surface area (Å²) in [6.45, 7) is 7.13. The molecule has 0 radical (unpaired) electrons. The number of amides is 1. The molecule has 20 heavy (non-hydrogen) atoms. The van der Waals surface area contributed by atoms with E-state index in [9.17, 15) is 4.79 Å². The van der Waals surface area contributed by atoms with Crippen LogP contribution in [-0.2, 0) is 4.79 Å². The van der Waals surface area contributed by atoms with Crippen molar-refractivity contribution in [2.45, 2.75) is 33.3 Å². The third-order valence-corrected chi connectivity index (χ3v) is 2.83. The number of benzene rings is 1. The molecule has 0 aromatic heterocycles. The maximum atomic E-state index is 11.6. The summed E-state index contributed by atoms with van der Waals surface area (Å²) >= 11 is 0. The van der Waals surface area contributed by atoms with Crippen molar-refractivity contribution in [3.8, 4) is 5.75 Å². The Bertz CT molecular complexity index is 447. The summed E-state index contributed by atoms with van der Waals surface area (Å²) in [6.07, 6.45) is 1.02. The standard InChI is InChI=1S/C15H25N3O2/c1-5-8-18(10-15(19)17-4)12-6-7-13(16)14(9-12)20-11(2)3/h6-7,9,11H,5,8,10,16H2,1-4H3,(H,17,19). The van der Waals surface area contributed by atoms with Crippen molar-refractivity contribution in [3.05, 3.63) is 18.2 Å². The number of nitrogens with two attached hydrogens (primary N) is 1. The van der Waals surface area contributed by atoms with E-state index in [2.05, 4.69) is 12.2 Å². The summed E-state index contributed by atoms with van der Waals surface area (Å²) < 4.78 is 5.69. The van der Waals surface area contributed by atoms with Gasteiger partial charge >= 0.3 is 0 Å². The molecule has 5 nitrogen and oxygen atoms in total. The highest BCUT2D eigenvalue weighted by Crippen LogP contribution is 2.28. The van der Waals surface area contributed by atoms with Crippen molar-refractivity contribution >= 4 is 17.3 Å². The lowest BCUT2D eigenvalue weighted by atomic mass is 10.2. The number of nitrogens with one attached hydrogen (secondary N) is 1. The van der Waals surface area contributed by atoms with Crippen molar-refractivity contribution in [3.63, 3.8) is 0 Å². The zero-order valence-corrected chi connectivity index (χ0v) is 12.8. The molecule has 0 atom stereocenters. The normalized spacial score (nSPS) is 10.4. The number of carbonyl (C=O) groups is 1. The largest absolute Gasteiger partial charge is 0.489 e. The molecule has 0 spiro atoms. The molecule has 0 aliphatic heterocycles. The first-order valence-corrected chi connectivity index (χ1v) is 6.99. The van der Waals surface area contributed by atoms with Crippen LogP contribution in [0.4, 0.5) is 11.4 Å². The lowest BCUT2D eigenvalue weighted by Crippen LogP contribution is -2.36. The Kier molecular flexibility index (Phi) is 6.15. The average molecular weight is 279 g/mol. The van der Waals surface area contributed by atoms with E-state index in [1.807, 2.05) is 36.9 Å². The van der Waals surface area contributed by atoms with Gasteiger partial charge in [0, 0.05) is 25.3 Å². The SMILES string of the molecule is CCCN(CC(=O)NC)c1ccc(N)c(OC(C)C)c1. The molecule has 1 aromatic carbocycles. The molecule has 0 fully saturated rings. The number of hydrogen-bond donors (Lipinski definition) is 2. The summed E-state index contributed by atoms with van der Waals surface area (Å²) in [4.78, 5) is 13.6. The quantitative estimate of drug-likeness (QED) is 0.749. The Balaban J connectivity index is 2.98. The number of anilines is 2. The first kappa shape index (κ1) is 16.1. The molecule has 1 aromatic rings. The first-order chi connectivity index (χ1) is 9.47. The van der Waals surface area contributed by atoms with E-state index in [0.29, 0.717) is 18.0 Å². The predicted molar refractivity (Wildman–Crippen MR) is 83.2 cm³/mol. The molecular formula is C15H25N3O2. The number of hydrogen-bond acceptors (Lipinski definition) is 4. The summed E-state index contributed by atoms with van der Waals surface area (Å²) in [5, 5.41) is 2.65. The van der Waals surface area contributed by atoms with Gasteiger partial charge in [0.15, 0.2) is 0 Å². The van der Waals surface area contributed by atoms with Crippen LogP contribution in [0.25, 0.3) is 0 Å². The van der Waals surface area contributed by atoms with Gasteiger partial charge in [-0.1, -0.05) is 6.92 Å². The van der Waals surface area contributed by atoms with Gasteiger partial charge < -0.3 is 20.7 Å². The number of rotatable bonds is 7. The van der Waals surface area contributed by atoms with Gasteiger partial charge in [-0.15, -0.1) is 0 Å². The van der Waals surface area contributed by atoms with Crippen LogP contribution in [0.1, 0.15) is 27.2 Å². The highest BCUT2D eigenvalue weighted by Gasteiger charge is 2.12. The Morgan fingerprint density at radius 2 is 2.15 bits per heavy atom. The fraction of sp³-hybridized carbons (Fsp3) is 0.533. The lowest BCUT2D eigenvalue weighted by molar-refractivity contribution is -0.119. The van der Waals surface area contributed by atoms with E-state index in [4.69, 9.17) is 10.5 Å². The number of likely N-dealkylation sites (N-methyl/N-ethyl adjacent to an activating group) is 1. The third kappa shape index (κ3) is 4.64. The van der Waals surface area contributed by atoms with Crippen molar-refractivity contribution in [2.75, 3.05) is 30.8 Å². The van der Waals surface area contributed by atoms with Crippen molar-refractivity contribution in [2.24, 2.45) is 0 Å². The van der Waals surface area contributed by atoms with Crippen molar-refractivity contribution < 1.29 is 9.53 Å². The van der Waals surface area contributed by atoms with Gasteiger partial charge in [0.1, 0.15) is 5.75 Å². The van der Waals surface area contributed by atoms with Crippen LogP contribution < -0.4 is 20.7 Å². The molecule has 0 aliphatic rings. The number of nitrogens with zero attached hydrogens (tertiary/aromatic N) is 1. The molecule has 3 N–H and O–H groups in total. The minimum atomic E-state index is -0.0124. The Labute approximate surface area is 121 Å². The Morgan fingerprint density at radius 3 is 2.70 bits per heavy atom. The van der Waals surface area contributed by atoms with Gasteiger partial charge in [0.2, 0.25) is 5.91 Å². The predicted octanol–water partition coefficient (Wildman–Crippen LogP) is 2.02. The minimum Gasteiger partial charge on any atom is -0.489 e. The van der Waals surface area contributed by atoms with Crippen LogP contribution in [0.3, 0.4) is 0 Å². The smallest absolute Gasteiger partial charge is 0.239 e. The van der Waals surface area contributed by atoms with E-state index in [1.54, 1.807) is 7.05 Å². The van der Waals surface area contributed by atoms with Crippen LogP contribution in [-0.4, -0.2) is 32.1 Å². The molecule has 0 heterocycles. The lowest BCUT2D eigenvalue weighted by Gasteiger charge is -2.24. The van der Waals surface area contributed by atoms with E-state index in [0.717, 1.165) is 18.7 Å². The van der Waals surface area contributed by atoms with E-state index in [1.165, 1.54) is 0 Å². The topological polar surface area (TPSA) is 67.6 Å². The van der Waals surface area contributed by atoms with Gasteiger partial charge in [0.25, 0.3) is 0 Å². The summed E-state index contributed by atoms with van der Waals surface area (Å²) in [7, 11) is 1.64. The molecule has 1 amide bonds. The van der Waals surface area contributed by atoms with Gasteiger partial charge in [0.05, 0.1) is 18.3 Å². The Hall–Kier alpha value is -1.91. The molecule has 0 bridgehead atoms. The van der Waals surface area contributed by atoms with Crippen molar-refractivity contribution in [1.29, 1.82) is 0 Å². The molecule has 5 heteroatoms. The molecule has 0 aliphatic carbocycles. The molecule has 112 valence electrons. The van der Waals surface area contributed by atoms with E-state index in [-0.39, 0.29) is 12.0 Å². The maximum absolute atomic E-state index is 11.6. The van der Waals surface area contributed by atoms with Crippen LogP contribution >= 0.6 is 0 Å². The maximum Gasteiger partial charge on any atom is 0.239 e. The fourth-order valence-electron chi connectivity index (χ4n) is 1.90. The highest BCUT2D eigenvalue weighted by molar-refractivity contribution is 5.81. The number of nitrogen functional groups attached to an aromatic ring is 1. The zero-order chi connectivity index (χ0) is 15.1. The molecule has 0 saturated heterocycles. The third-order valence-electron chi connectivity index (χ3n) is 2.83. The van der Waals surface area contributed by atoms with Crippen LogP contribution in [0, 0.1) is 0 Å². The Morgan fingerprint density at radius 1 is 1.45 bits per heavy atom. The first-order valence-electron chi connectivity index (χ1n) is 6.99. The molecular weight excluding hydrogens is 254 g/mol. The summed E-state index contributed by atoms with van der Waals surface area (Å²) in [6, 6.07) is 5.63. The summed E-state index contributed by atoms with van der Waals surface area (Å²) in [5.41, 5.74) is 7.47. The highest BCUT2D eigenvalue weighted by atomic mass is 16.5. The van der Waals surface area contributed by atoms with Crippen molar-refractivity contribution in [1.82, 2.24) is 5.32 Å². The second-order valence-corrected chi connectivity index (χ2v) is 4.98. The van der Waals surface area contributed by atoms with Crippen LogP contribution in [0.2, 0.25) is 0 Å². The summed E-state index contributed by atoms with van der Waals surface area (Å²) in [5.74, 6) is 0.650. The second-order valence-electron chi connectivity index (χ2n) is 4.98. The zero-order valence-electron chi connectivity index (χ0n) is 12.8.